The molecule has 0 aliphatic rings. The lowest BCUT2D eigenvalue weighted by Gasteiger charge is -2.07. The summed E-state index contributed by atoms with van der Waals surface area (Å²) >= 11 is 0. The van der Waals surface area contributed by atoms with Crippen LogP contribution < -0.4 is 20.2 Å². The molecule has 0 spiro atoms. The fraction of sp³-hybridized carbons (Fsp3) is 0.158. The number of anilines is 1. The van der Waals surface area contributed by atoms with Crippen LogP contribution in [-0.4, -0.2) is 27.1 Å². The lowest BCUT2D eigenvalue weighted by atomic mass is 10.1. The Morgan fingerprint density at radius 2 is 1.75 bits per heavy atom. The summed E-state index contributed by atoms with van der Waals surface area (Å²) < 4.78 is 10.4. The summed E-state index contributed by atoms with van der Waals surface area (Å²) in [6.45, 7) is 0. The van der Waals surface area contributed by atoms with Gasteiger partial charge in [-0.3, -0.25) is 9.59 Å². The molecule has 0 radical (unpaired) electrons. The molecule has 5 nitrogen and oxygen atoms in total. The predicted octanol–water partition coefficient (Wildman–Crippen LogP) is 3.00. The number of carbonyl (C=O) groups excluding carboxylic acids is 1. The Balaban J connectivity index is 2.32. The summed E-state index contributed by atoms with van der Waals surface area (Å²) in [6, 6.07) is 11.8. The molecule has 0 bridgehead atoms. The molecule has 0 aliphatic heterocycles. The van der Waals surface area contributed by atoms with Crippen LogP contribution in [0.25, 0.3) is 6.08 Å². The molecule has 1 N–H and O–H groups in total. The molecular weight excluding hydrogens is 306 g/mol. The number of allylic oxidation sites excluding steroid dienone is 1. The third kappa shape index (κ3) is 3.81. The van der Waals surface area contributed by atoms with Crippen molar-refractivity contribution in [2.75, 3.05) is 26.6 Å². The highest BCUT2D eigenvalue weighted by molar-refractivity contribution is 6.07. The smallest absolute Gasteiger partial charge is 0.212 e. The number of rotatable bonds is 6. The Morgan fingerprint density at radius 3 is 2.42 bits per heavy atom. The van der Waals surface area contributed by atoms with E-state index in [2.05, 4.69) is 5.32 Å². The summed E-state index contributed by atoms with van der Waals surface area (Å²) in [5.41, 5.74) is 0.927. The van der Waals surface area contributed by atoms with Gasteiger partial charge in [0.15, 0.2) is 17.3 Å². The van der Waals surface area contributed by atoms with Crippen molar-refractivity contribution < 1.29 is 14.3 Å². The van der Waals surface area contributed by atoms with E-state index in [1.54, 1.807) is 63.7 Å². The first kappa shape index (κ1) is 17.3. The van der Waals surface area contributed by atoms with Crippen molar-refractivity contribution in [3.05, 3.63) is 69.9 Å². The topological polar surface area (TPSA) is 64.6 Å². The second-order valence-electron chi connectivity index (χ2n) is 4.94. The van der Waals surface area contributed by atoms with Gasteiger partial charge in [0.2, 0.25) is 5.43 Å². The minimum atomic E-state index is -0.359. The molecule has 24 heavy (non-hydrogen) atoms. The summed E-state index contributed by atoms with van der Waals surface area (Å²) in [5.74, 6) is 0.819. The van der Waals surface area contributed by atoms with Crippen LogP contribution in [0.4, 0.5) is 5.69 Å². The number of ether oxygens (including phenoxy) is 2. The first-order valence-electron chi connectivity index (χ1n) is 7.36. The number of hydrogen-bond acceptors (Lipinski definition) is 5. The van der Waals surface area contributed by atoms with Crippen molar-refractivity contribution in [1.29, 1.82) is 0 Å². The van der Waals surface area contributed by atoms with Gasteiger partial charge in [0.1, 0.15) is 0 Å². The Bertz CT molecular complexity index is 828. The van der Waals surface area contributed by atoms with Gasteiger partial charge in [0.25, 0.3) is 0 Å². The maximum Gasteiger partial charge on any atom is 0.212 e. The van der Waals surface area contributed by atoms with Crippen molar-refractivity contribution >= 4 is 17.5 Å². The van der Waals surface area contributed by atoms with Crippen LogP contribution in [0.3, 0.4) is 0 Å². The second kappa shape index (κ2) is 7.97. The molecule has 2 rings (SSSR count). The molecule has 0 amide bonds. The Kier molecular flexibility index (Phi) is 5.73. The Labute approximate surface area is 140 Å². The van der Waals surface area contributed by atoms with Crippen LogP contribution in [0.15, 0.2) is 53.3 Å². The highest BCUT2D eigenvalue weighted by Crippen LogP contribution is 2.27. The monoisotopic (exact) mass is 325 g/mol. The second-order valence-corrected chi connectivity index (χ2v) is 4.94. The minimum absolute atomic E-state index is 0.112. The Hall–Kier alpha value is -3.08. The fourth-order valence-corrected chi connectivity index (χ4v) is 2.21. The van der Waals surface area contributed by atoms with Gasteiger partial charge in [-0.2, -0.15) is 0 Å². The summed E-state index contributed by atoms with van der Waals surface area (Å²) in [5, 5.41) is 2.79. The molecule has 2 aromatic rings. The number of carbonyl (C=O) groups is 1. The third-order valence-electron chi connectivity index (χ3n) is 3.50. The van der Waals surface area contributed by atoms with Gasteiger partial charge >= 0.3 is 0 Å². The van der Waals surface area contributed by atoms with Gasteiger partial charge in [-0.25, -0.2) is 0 Å². The van der Waals surface area contributed by atoms with Crippen molar-refractivity contribution in [3.63, 3.8) is 0 Å². The number of nitrogens with one attached hydrogen (secondary N) is 1. The molecule has 0 saturated carbocycles. The molecule has 5 heteroatoms. The average Bonchev–Trinajstić information content (AvgIpc) is 2.80. The summed E-state index contributed by atoms with van der Waals surface area (Å²) in [4.78, 5) is 24.6. The highest BCUT2D eigenvalue weighted by Gasteiger charge is 2.09. The van der Waals surface area contributed by atoms with E-state index >= 15 is 0 Å². The summed E-state index contributed by atoms with van der Waals surface area (Å²) in [7, 11) is 4.75. The molecule has 124 valence electrons. The normalized spacial score (nSPS) is 10.5. The van der Waals surface area contributed by atoms with Crippen LogP contribution >= 0.6 is 0 Å². The molecule has 0 heterocycles. The molecule has 0 atom stereocenters. The maximum absolute atomic E-state index is 12.4. The zero-order valence-electron chi connectivity index (χ0n) is 13.8. The van der Waals surface area contributed by atoms with Crippen LogP contribution in [0, 0.1) is 0 Å². The van der Waals surface area contributed by atoms with Gasteiger partial charge in [-0.15, -0.1) is 0 Å². The molecule has 0 fully saturated rings. The Morgan fingerprint density at radius 1 is 1.04 bits per heavy atom. The summed E-state index contributed by atoms with van der Waals surface area (Å²) in [6.07, 6.45) is 3.01. The van der Waals surface area contributed by atoms with Crippen molar-refractivity contribution in [2.24, 2.45) is 0 Å². The van der Waals surface area contributed by atoms with Gasteiger partial charge in [-0.1, -0.05) is 24.3 Å². The molecule has 0 unspecified atom stereocenters. The molecular formula is C19H19NO4. The van der Waals surface area contributed by atoms with Gasteiger partial charge in [0.05, 0.1) is 25.5 Å². The van der Waals surface area contributed by atoms with Gasteiger partial charge in [0, 0.05) is 7.05 Å². The van der Waals surface area contributed by atoms with Crippen molar-refractivity contribution in [1.82, 2.24) is 0 Å². The first-order valence-corrected chi connectivity index (χ1v) is 7.36. The zero-order chi connectivity index (χ0) is 17.5. The van der Waals surface area contributed by atoms with E-state index in [-0.39, 0.29) is 16.8 Å². The number of ketones is 1. The van der Waals surface area contributed by atoms with E-state index in [9.17, 15) is 9.59 Å². The van der Waals surface area contributed by atoms with E-state index in [1.807, 2.05) is 0 Å². The minimum Gasteiger partial charge on any atom is -0.493 e. The van der Waals surface area contributed by atoms with E-state index in [0.717, 1.165) is 5.56 Å². The highest BCUT2D eigenvalue weighted by atomic mass is 16.5. The molecule has 2 aromatic carbocycles. The van der Waals surface area contributed by atoms with E-state index in [4.69, 9.17) is 9.47 Å². The zero-order valence-corrected chi connectivity index (χ0v) is 13.8. The van der Waals surface area contributed by atoms with Crippen LogP contribution in [0.2, 0.25) is 0 Å². The van der Waals surface area contributed by atoms with Gasteiger partial charge in [-0.05, 0) is 35.9 Å². The number of methoxy groups -OCH3 is 2. The molecule has 0 aliphatic carbocycles. The van der Waals surface area contributed by atoms with Crippen molar-refractivity contribution in [2.45, 2.75) is 0 Å². The van der Waals surface area contributed by atoms with E-state index < -0.39 is 0 Å². The standard InChI is InChI=1S/C19H19NO4/c1-20-15-7-5-4-6-14(19(15)22)16(21)10-8-13-9-11-17(23-2)18(12-13)24-3/h4-12H,1-3H3,(H,20,22). The number of hydrogen-bond donors (Lipinski definition) is 1. The largest absolute Gasteiger partial charge is 0.493 e. The number of benzene rings is 1. The first-order chi connectivity index (χ1) is 11.6. The quantitative estimate of drug-likeness (QED) is 0.653. The van der Waals surface area contributed by atoms with Crippen LogP contribution in [0.1, 0.15) is 15.9 Å². The van der Waals surface area contributed by atoms with Crippen molar-refractivity contribution in [3.8, 4) is 11.5 Å². The van der Waals surface area contributed by atoms with Crippen LogP contribution in [-0.2, 0) is 0 Å². The lowest BCUT2D eigenvalue weighted by Crippen LogP contribution is -2.14. The molecule has 0 saturated heterocycles. The SMILES string of the molecule is CNc1ccccc(C(=O)C=Cc2ccc(OC)c(OC)c2)c1=O. The van der Waals surface area contributed by atoms with Gasteiger partial charge < -0.3 is 14.8 Å². The van der Waals surface area contributed by atoms with E-state index in [1.165, 1.54) is 12.1 Å². The third-order valence-corrected chi connectivity index (χ3v) is 3.50. The predicted molar refractivity (Wildman–Crippen MR) is 95.2 cm³/mol. The van der Waals surface area contributed by atoms with E-state index in [0.29, 0.717) is 17.2 Å². The lowest BCUT2D eigenvalue weighted by molar-refractivity contribution is 0.104. The van der Waals surface area contributed by atoms with Crippen LogP contribution in [0.5, 0.6) is 11.5 Å². The average molecular weight is 325 g/mol. The molecule has 0 aromatic heterocycles. The fourth-order valence-electron chi connectivity index (χ4n) is 2.21. The maximum atomic E-state index is 12.4.